The Morgan fingerprint density at radius 1 is 0.543 bits per heavy atom. The molecule has 0 aliphatic heterocycles. The molecule has 0 spiro atoms. The molecule has 2 N–H and O–H groups in total. The van der Waals surface area contributed by atoms with Crippen molar-refractivity contribution in [1.29, 1.82) is 0 Å². The third kappa shape index (κ3) is 10.8. The lowest BCUT2D eigenvalue weighted by atomic mass is 10.3. The van der Waals surface area contributed by atoms with E-state index >= 15 is 0 Å². The van der Waals surface area contributed by atoms with E-state index in [1.54, 1.807) is 0 Å². The average molecular weight is 521 g/mol. The molecule has 196 valence electrons. The van der Waals surface area contributed by atoms with Gasteiger partial charge in [-0.15, -0.1) is 0 Å². The summed E-state index contributed by atoms with van der Waals surface area (Å²) in [6.07, 6.45) is 1.72. The summed E-state index contributed by atoms with van der Waals surface area (Å²) < 4.78 is 31.9. The molecule has 7 nitrogen and oxygen atoms in total. The van der Waals surface area contributed by atoms with Gasteiger partial charge in [0.2, 0.25) is 0 Å². The maximum absolute atomic E-state index is 6.83. The quantitative estimate of drug-likeness (QED) is 0.163. The van der Waals surface area contributed by atoms with Crippen LogP contribution in [0.25, 0.3) is 0 Å². The Morgan fingerprint density at radius 3 is 1.20 bits per heavy atom. The van der Waals surface area contributed by atoms with Crippen LogP contribution in [0.3, 0.4) is 0 Å². The molecule has 0 radical (unpaired) electrons. The van der Waals surface area contributed by atoms with Gasteiger partial charge in [-0.2, -0.15) is 0 Å². The number of rotatable bonds is 20. The van der Waals surface area contributed by atoms with E-state index in [4.69, 9.17) is 21.8 Å². The Balaban J connectivity index is 2.06. The van der Waals surface area contributed by atoms with E-state index in [1.807, 2.05) is 64.1 Å². The number of benzene rings is 2. The van der Waals surface area contributed by atoms with Crippen LogP contribution in [-0.2, 0) is 21.8 Å². The second kappa shape index (κ2) is 16.9. The van der Waals surface area contributed by atoms with Gasteiger partial charge in [0.05, 0.1) is 0 Å². The largest absolute Gasteiger partial charge is 0.493 e. The SMILES string of the molecule is CCO[Si](CCCNc1ccccc1)(OCC)O[Si](CCCNc1ccccc1)(OCC)OCC. The average Bonchev–Trinajstić information content (AvgIpc) is 2.87. The van der Waals surface area contributed by atoms with Gasteiger partial charge in [-0.1, -0.05) is 36.4 Å². The van der Waals surface area contributed by atoms with E-state index in [0.717, 1.165) is 37.3 Å². The summed E-state index contributed by atoms with van der Waals surface area (Å²) in [5.74, 6) is 0. The minimum absolute atomic E-state index is 0.524. The molecule has 0 saturated heterocycles. The number of nitrogens with one attached hydrogen (secondary N) is 2. The number of para-hydroxylation sites is 2. The van der Waals surface area contributed by atoms with E-state index in [1.165, 1.54) is 0 Å². The van der Waals surface area contributed by atoms with Crippen LogP contribution in [0, 0.1) is 0 Å². The van der Waals surface area contributed by atoms with Crippen molar-refractivity contribution < 1.29 is 21.8 Å². The van der Waals surface area contributed by atoms with E-state index in [2.05, 4.69) is 34.9 Å². The van der Waals surface area contributed by atoms with Crippen LogP contribution >= 0.6 is 0 Å². The van der Waals surface area contributed by atoms with Crippen LogP contribution in [0.4, 0.5) is 11.4 Å². The lowest BCUT2D eigenvalue weighted by Gasteiger charge is -2.38. The highest BCUT2D eigenvalue weighted by Gasteiger charge is 2.52. The van der Waals surface area contributed by atoms with E-state index in [-0.39, 0.29) is 0 Å². The molecule has 0 unspecified atom stereocenters. The first-order valence-corrected chi connectivity index (χ1v) is 16.8. The fourth-order valence-electron chi connectivity index (χ4n) is 3.90. The summed E-state index contributed by atoms with van der Waals surface area (Å²) in [6.45, 7) is 11.7. The van der Waals surface area contributed by atoms with E-state index in [9.17, 15) is 0 Å². The van der Waals surface area contributed by atoms with Crippen LogP contribution in [0.5, 0.6) is 0 Å². The first kappa shape index (κ1) is 29.5. The Bertz CT molecular complexity index is 708. The molecule has 9 heteroatoms. The predicted octanol–water partition coefficient (Wildman–Crippen LogP) is 6.03. The summed E-state index contributed by atoms with van der Waals surface area (Å²) in [5, 5.41) is 6.94. The van der Waals surface area contributed by atoms with Crippen LogP contribution in [-0.4, -0.2) is 57.1 Å². The van der Waals surface area contributed by atoms with E-state index < -0.39 is 17.6 Å². The van der Waals surface area contributed by atoms with Gasteiger partial charge < -0.3 is 32.5 Å². The van der Waals surface area contributed by atoms with Gasteiger partial charge >= 0.3 is 17.6 Å². The molecule has 0 fully saturated rings. The Hall–Kier alpha value is -1.73. The van der Waals surface area contributed by atoms with Crippen molar-refractivity contribution in [3.8, 4) is 0 Å². The standard InChI is InChI=1S/C26H44N2O5Si2/c1-5-29-34(30-6-2,23-15-21-27-25-17-11-9-12-18-25)33-35(31-7-3,32-8-4)24-16-22-28-26-19-13-10-14-20-26/h9-14,17-20,27-28H,5-8,15-16,21-24H2,1-4H3. The topological polar surface area (TPSA) is 70.2 Å². The second-order valence-electron chi connectivity index (χ2n) is 7.99. The van der Waals surface area contributed by atoms with Gasteiger partial charge in [-0.25, -0.2) is 0 Å². The number of anilines is 2. The summed E-state index contributed by atoms with van der Waals surface area (Å²) in [5.41, 5.74) is 2.21. The van der Waals surface area contributed by atoms with Gasteiger partial charge in [0.25, 0.3) is 0 Å². The lowest BCUT2D eigenvalue weighted by molar-refractivity contribution is 0.0491. The van der Waals surface area contributed by atoms with Crippen molar-refractivity contribution in [2.24, 2.45) is 0 Å². The van der Waals surface area contributed by atoms with Gasteiger partial charge in [0, 0.05) is 63.0 Å². The van der Waals surface area contributed by atoms with E-state index in [0.29, 0.717) is 38.5 Å². The second-order valence-corrected chi connectivity index (χ2v) is 13.7. The molecular formula is C26H44N2O5Si2. The number of hydrogen-bond acceptors (Lipinski definition) is 7. The highest BCUT2D eigenvalue weighted by molar-refractivity contribution is 6.75. The Kier molecular flexibility index (Phi) is 14.2. The zero-order chi connectivity index (χ0) is 25.2. The van der Waals surface area contributed by atoms with Crippen molar-refractivity contribution in [2.75, 3.05) is 50.2 Å². The van der Waals surface area contributed by atoms with Gasteiger partial charge in [0.1, 0.15) is 0 Å². The third-order valence-corrected chi connectivity index (χ3v) is 12.6. The molecule has 2 rings (SSSR count). The molecule has 0 aliphatic carbocycles. The zero-order valence-electron chi connectivity index (χ0n) is 21.9. The highest BCUT2D eigenvalue weighted by Crippen LogP contribution is 2.28. The first-order valence-electron chi connectivity index (χ1n) is 12.9. The highest BCUT2D eigenvalue weighted by atomic mass is 28.5. The third-order valence-electron chi connectivity index (χ3n) is 5.29. The van der Waals surface area contributed by atoms with Gasteiger partial charge in [-0.05, 0) is 64.8 Å². The lowest BCUT2D eigenvalue weighted by Crippen LogP contribution is -2.59. The monoisotopic (exact) mass is 520 g/mol. The van der Waals surface area contributed by atoms with Gasteiger partial charge in [-0.3, -0.25) is 0 Å². The molecule has 0 heterocycles. The van der Waals surface area contributed by atoms with Crippen molar-refractivity contribution in [1.82, 2.24) is 0 Å². The van der Waals surface area contributed by atoms with Crippen LogP contribution in [0.2, 0.25) is 12.1 Å². The van der Waals surface area contributed by atoms with Crippen molar-refractivity contribution in [3.05, 3.63) is 60.7 Å². The smallest absolute Gasteiger partial charge is 0.385 e. The minimum Gasteiger partial charge on any atom is -0.385 e. The summed E-state index contributed by atoms with van der Waals surface area (Å²) in [7, 11) is -6.03. The fourth-order valence-corrected chi connectivity index (χ4v) is 11.3. The summed E-state index contributed by atoms with van der Waals surface area (Å²) >= 11 is 0. The van der Waals surface area contributed by atoms with Crippen molar-refractivity contribution in [2.45, 2.75) is 52.6 Å². The van der Waals surface area contributed by atoms with Crippen LogP contribution < -0.4 is 10.6 Å². The maximum atomic E-state index is 6.83. The molecule has 35 heavy (non-hydrogen) atoms. The summed E-state index contributed by atoms with van der Waals surface area (Å²) in [4.78, 5) is 0. The minimum atomic E-state index is -3.02. The maximum Gasteiger partial charge on any atom is 0.493 e. The Morgan fingerprint density at radius 2 is 0.886 bits per heavy atom. The molecule has 0 saturated carbocycles. The predicted molar refractivity (Wildman–Crippen MR) is 148 cm³/mol. The zero-order valence-corrected chi connectivity index (χ0v) is 23.9. The van der Waals surface area contributed by atoms with Crippen LogP contribution in [0.15, 0.2) is 60.7 Å². The summed E-state index contributed by atoms with van der Waals surface area (Å²) in [6, 6.07) is 21.8. The molecule has 0 amide bonds. The molecule has 0 atom stereocenters. The van der Waals surface area contributed by atoms with Gasteiger partial charge in [0.15, 0.2) is 0 Å². The Labute approximate surface area is 214 Å². The molecule has 0 aromatic heterocycles. The fraction of sp³-hybridized carbons (Fsp3) is 0.538. The normalized spacial score (nSPS) is 12.0. The van der Waals surface area contributed by atoms with Crippen molar-refractivity contribution in [3.63, 3.8) is 0 Å². The molecule has 0 aliphatic rings. The first-order chi connectivity index (χ1) is 17.1. The number of hydrogen-bond donors (Lipinski definition) is 2. The molecule has 2 aromatic rings. The molecule has 2 aromatic carbocycles. The van der Waals surface area contributed by atoms with Crippen molar-refractivity contribution >= 4 is 29.0 Å². The molecule has 0 bridgehead atoms. The van der Waals surface area contributed by atoms with Crippen LogP contribution in [0.1, 0.15) is 40.5 Å². The molecular weight excluding hydrogens is 476 g/mol.